The Balaban J connectivity index is 1.90. The van der Waals surface area contributed by atoms with Crippen molar-refractivity contribution in [1.82, 2.24) is 4.98 Å². The van der Waals surface area contributed by atoms with Gasteiger partial charge in [0.1, 0.15) is 5.76 Å². The fraction of sp³-hybridized carbons (Fsp3) is 0.111. The maximum atomic E-state index is 5.41. The lowest BCUT2D eigenvalue weighted by Crippen LogP contribution is -1.92. The highest BCUT2D eigenvalue weighted by Gasteiger charge is 2.16. The molecule has 21 heavy (non-hydrogen) atoms. The average Bonchev–Trinajstić information content (AvgIpc) is 3.09. The van der Waals surface area contributed by atoms with E-state index in [0.29, 0.717) is 0 Å². The summed E-state index contributed by atoms with van der Waals surface area (Å²) in [6.45, 7) is 1.99. The Hall–Kier alpha value is -2.00. The Morgan fingerprint density at radius 2 is 1.81 bits per heavy atom. The van der Waals surface area contributed by atoms with E-state index in [1.807, 2.05) is 13.0 Å². The standard InChI is InChI=1S/C18H14BrNO/c1-11-13(8-9-21-11)18(19)12-6-7-17-15(10-12)14-4-2-3-5-16(14)20-17/h2-10,18,20H,1H3. The zero-order valence-corrected chi connectivity index (χ0v) is 13.1. The summed E-state index contributed by atoms with van der Waals surface area (Å²) < 4.78 is 5.41. The van der Waals surface area contributed by atoms with Crippen LogP contribution in [0.1, 0.15) is 21.7 Å². The van der Waals surface area contributed by atoms with Crippen LogP contribution < -0.4 is 0 Å². The van der Waals surface area contributed by atoms with Crippen molar-refractivity contribution in [3.8, 4) is 0 Å². The predicted molar refractivity (Wildman–Crippen MR) is 90.0 cm³/mol. The molecule has 0 fully saturated rings. The molecule has 0 radical (unpaired) electrons. The van der Waals surface area contributed by atoms with Gasteiger partial charge in [-0.05, 0) is 36.8 Å². The zero-order chi connectivity index (χ0) is 14.4. The maximum absolute atomic E-state index is 5.41. The minimum absolute atomic E-state index is 0.148. The smallest absolute Gasteiger partial charge is 0.105 e. The van der Waals surface area contributed by atoms with Crippen LogP contribution in [0.25, 0.3) is 21.8 Å². The topological polar surface area (TPSA) is 28.9 Å². The third-order valence-corrected chi connectivity index (χ3v) is 5.02. The summed E-state index contributed by atoms with van der Waals surface area (Å²) in [7, 11) is 0. The second kappa shape index (κ2) is 4.78. The van der Waals surface area contributed by atoms with Crippen molar-refractivity contribution >= 4 is 37.7 Å². The van der Waals surface area contributed by atoms with Gasteiger partial charge in [-0.1, -0.05) is 40.2 Å². The van der Waals surface area contributed by atoms with Crippen LogP contribution in [0.2, 0.25) is 0 Å². The van der Waals surface area contributed by atoms with Crippen LogP contribution in [0.3, 0.4) is 0 Å². The Labute approximate surface area is 130 Å². The number of aromatic amines is 1. The van der Waals surface area contributed by atoms with Crippen LogP contribution in [0.4, 0.5) is 0 Å². The van der Waals surface area contributed by atoms with Gasteiger partial charge in [-0.15, -0.1) is 0 Å². The minimum atomic E-state index is 0.148. The normalized spacial score (nSPS) is 13.0. The van der Waals surface area contributed by atoms with Gasteiger partial charge in [-0.3, -0.25) is 0 Å². The molecule has 1 atom stereocenters. The SMILES string of the molecule is Cc1occc1C(Br)c1ccc2[nH]c3ccccc3c2c1. The first-order chi connectivity index (χ1) is 10.2. The van der Waals surface area contributed by atoms with Crippen molar-refractivity contribution in [1.29, 1.82) is 0 Å². The summed E-state index contributed by atoms with van der Waals surface area (Å²) >= 11 is 3.79. The predicted octanol–water partition coefficient (Wildman–Crippen LogP) is 5.71. The highest BCUT2D eigenvalue weighted by Crippen LogP contribution is 2.36. The van der Waals surface area contributed by atoms with Gasteiger partial charge in [0.15, 0.2) is 0 Å². The molecule has 104 valence electrons. The average molecular weight is 340 g/mol. The van der Waals surface area contributed by atoms with Crippen molar-refractivity contribution in [2.24, 2.45) is 0 Å². The van der Waals surface area contributed by atoms with E-state index in [0.717, 1.165) is 5.76 Å². The van der Waals surface area contributed by atoms with Crippen LogP contribution >= 0.6 is 15.9 Å². The second-order valence-corrected chi connectivity index (χ2v) is 6.19. The molecular weight excluding hydrogens is 326 g/mol. The molecule has 3 heteroatoms. The van der Waals surface area contributed by atoms with Crippen molar-refractivity contribution in [2.45, 2.75) is 11.8 Å². The number of benzene rings is 2. The fourth-order valence-electron chi connectivity index (χ4n) is 2.86. The van der Waals surface area contributed by atoms with E-state index in [-0.39, 0.29) is 4.83 Å². The van der Waals surface area contributed by atoms with Gasteiger partial charge in [0.2, 0.25) is 0 Å². The van der Waals surface area contributed by atoms with Crippen LogP contribution in [0.5, 0.6) is 0 Å². The first-order valence-electron chi connectivity index (χ1n) is 6.92. The molecule has 4 rings (SSSR count). The van der Waals surface area contributed by atoms with E-state index in [1.165, 1.54) is 32.9 Å². The minimum Gasteiger partial charge on any atom is -0.469 e. The lowest BCUT2D eigenvalue weighted by Gasteiger charge is -2.09. The lowest BCUT2D eigenvalue weighted by molar-refractivity contribution is 0.530. The number of hydrogen-bond acceptors (Lipinski definition) is 1. The Morgan fingerprint density at radius 1 is 1.00 bits per heavy atom. The lowest BCUT2D eigenvalue weighted by atomic mass is 10.0. The molecular formula is C18H14BrNO. The molecule has 0 amide bonds. The molecule has 0 aliphatic heterocycles. The monoisotopic (exact) mass is 339 g/mol. The molecule has 4 aromatic rings. The first kappa shape index (κ1) is 12.7. The highest BCUT2D eigenvalue weighted by atomic mass is 79.9. The maximum Gasteiger partial charge on any atom is 0.105 e. The second-order valence-electron chi connectivity index (χ2n) is 5.27. The molecule has 1 N–H and O–H groups in total. The van der Waals surface area contributed by atoms with Crippen molar-refractivity contribution < 1.29 is 4.42 Å². The summed E-state index contributed by atoms with van der Waals surface area (Å²) in [5.41, 5.74) is 4.75. The van der Waals surface area contributed by atoms with Crippen LogP contribution in [0.15, 0.2) is 59.2 Å². The van der Waals surface area contributed by atoms with E-state index >= 15 is 0 Å². The van der Waals surface area contributed by atoms with Gasteiger partial charge in [0, 0.05) is 27.4 Å². The van der Waals surface area contributed by atoms with E-state index in [4.69, 9.17) is 4.42 Å². The Morgan fingerprint density at radius 3 is 2.62 bits per heavy atom. The summed E-state index contributed by atoms with van der Waals surface area (Å²) in [5, 5.41) is 2.52. The van der Waals surface area contributed by atoms with Gasteiger partial charge in [-0.25, -0.2) is 0 Å². The molecule has 0 saturated carbocycles. The summed E-state index contributed by atoms with van der Waals surface area (Å²) in [6.07, 6.45) is 1.74. The summed E-state index contributed by atoms with van der Waals surface area (Å²) in [6, 6.07) is 17.0. The molecule has 2 aromatic heterocycles. The Bertz CT molecular complexity index is 935. The molecule has 0 spiro atoms. The van der Waals surface area contributed by atoms with Gasteiger partial charge >= 0.3 is 0 Å². The van der Waals surface area contributed by atoms with Gasteiger partial charge in [0.05, 0.1) is 11.1 Å². The number of H-pyrrole nitrogens is 1. The highest BCUT2D eigenvalue weighted by molar-refractivity contribution is 9.09. The Kier molecular flexibility index (Phi) is 2.89. The van der Waals surface area contributed by atoms with Gasteiger partial charge < -0.3 is 9.40 Å². The van der Waals surface area contributed by atoms with Gasteiger partial charge in [0.25, 0.3) is 0 Å². The molecule has 2 aromatic carbocycles. The molecule has 2 nitrogen and oxygen atoms in total. The fourth-order valence-corrected chi connectivity index (χ4v) is 3.62. The summed E-state index contributed by atoms with van der Waals surface area (Å²) in [5.74, 6) is 0.955. The first-order valence-corrected chi connectivity index (χ1v) is 7.84. The third kappa shape index (κ3) is 2.00. The number of aromatic nitrogens is 1. The number of fused-ring (bicyclic) bond motifs is 3. The molecule has 0 aliphatic carbocycles. The number of alkyl halides is 1. The van der Waals surface area contributed by atoms with Crippen LogP contribution in [-0.2, 0) is 0 Å². The molecule has 0 bridgehead atoms. The zero-order valence-electron chi connectivity index (χ0n) is 11.6. The number of aryl methyl sites for hydroxylation is 1. The van der Waals surface area contributed by atoms with E-state index < -0.39 is 0 Å². The number of hydrogen-bond donors (Lipinski definition) is 1. The third-order valence-electron chi connectivity index (χ3n) is 3.99. The van der Waals surface area contributed by atoms with Crippen molar-refractivity contribution in [2.75, 3.05) is 0 Å². The molecule has 0 saturated heterocycles. The number of halogens is 1. The number of para-hydroxylation sites is 1. The van der Waals surface area contributed by atoms with E-state index in [2.05, 4.69) is 63.4 Å². The largest absolute Gasteiger partial charge is 0.469 e. The molecule has 1 unspecified atom stereocenters. The number of furan rings is 1. The summed E-state index contributed by atoms with van der Waals surface area (Å²) in [4.78, 5) is 3.60. The van der Waals surface area contributed by atoms with Gasteiger partial charge in [-0.2, -0.15) is 0 Å². The molecule has 2 heterocycles. The number of rotatable bonds is 2. The van der Waals surface area contributed by atoms with Crippen molar-refractivity contribution in [3.63, 3.8) is 0 Å². The van der Waals surface area contributed by atoms with E-state index in [1.54, 1.807) is 6.26 Å². The van der Waals surface area contributed by atoms with Crippen LogP contribution in [-0.4, -0.2) is 4.98 Å². The van der Waals surface area contributed by atoms with Crippen LogP contribution in [0, 0.1) is 6.92 Å². The number of nitrogens with one attached hydrogen (secondary N) is 1. The van der Waals surface area contributed by atoms with E-state index in [9.17, 15) is 0 Å². The molecule has 0 aliphatic rings. The van der Waals surface area contributed by atoms with Crippen molar-refractivity contribution in [3.05, 3.63) is 71.7 Å². The quantitative estimate of drug-likeness (QED) is 0.466.